The summed E-state index contributed by atoms with van der Waals surface area (Å²) in [5, 5.41) is 10.0. The molecule has 1 N–H and O–H groups in total. The summed E-state index contributed by atoms with van der Waals surface area (Å²) in [6.07, 6.45) is 0.0156. The molecule has 0 fully saturated rings. The number of hydrazine groups is 1. The van der Waals surface area contributed by atoms with Gasteiger partial charge in [0.25, 0.3) is 0 Å². The largest absolute Gasteiger partial charge is 0.481 e. The van der Waals surface area contributed by atoms with Gasteiger partial charge in [0.2, 0.25) is 17.7 Å². The molecule has 0 aliphatic rings. The molecule has 0 aromatic rings. The molecule has 0 heterocycles. The molecule has 7 nitrogen and oxygen atoms in total. The summed E-state index contributed by atoms with van der Waals surface area (Å²) < 4.78 is 0. The van der Waals surface area contributed by atoms with E-state index >= 15 is 0 Å². The Kier molecular flexibility index (Phi) is 5.87. The summed E-state index contributed by atoms with van der Waals surface area (Å²) in [5.74, 6) is -2.59. The van der Waals surface area contributed by atoms with Crippen LogP contribution in [-0.2, 0) is 19.2 Å². The van der Waals surface area contributed by atoms with E-state index < -0.39 is 23.7 Å². The summed E-state index contributed by atoms with van der Waals surface area (Å²) in [5.41, 5.74) is 0. The second kappa shape index (κ2) is 6.62. The van der Waals surface area contributed by atoms with Crippen molar-refractivity contribution >= 4 is 23.7 Å². The van der Waals surface area contributed by atoms with Crippen LogP contribution >= 0.6 is 0 Å². The van der Waals surface area contributed by atoms with Gasteiger partial charge < -0.3 is 5.11 Å². The molecule has 0 atom stereocenters. The fourth-order valence-electron chi connectivity index (χ4n) is 1.31. The number of amides is 3. The third-order valence-corrected chi connectivity index (χ3v) is 2.04. The number of carboxylic acid groups (broad SMARTS) is 1. The quantitative estimate of drug-likeness (QED) is 0.703. The van der Waals surface area contributed by atoms with Crippen LogP contribution in [0, 0.1) is 0 Å². The highest BCUT2D eigenvalue weighted by atomic mass is 16.4. The Balaban J connectivity index is 4.41. The third-order valence-electron chi connectivity index (χ3n) is 2.04. The zero-order chi connectivity index (χ0) is 13.6. The minimum absolute atomic E-state index is 0.0279. The van der Waals surface area contributed by atoms with Crippen LogP contribution in [0.4, 0.5) is 0 Å². The molecule has 96 valence electrons. The molecule has 0 bridgehead atoms. The number of carbonyl (C=O) groups is 4. The summed E-state index contributed by atoms with van der Waals surface area (Å²) >= 11 is 0. The van der Waals surface area contributed by atoms with E-state index in [1.165, 1.54) is 20.9 Å². The summed E-state index contributed by atoms with van der Waals surface area (Å²) in [4.78, 5) is 44.1. The van der Waals surface area contributed by atoms with E-state index in [0.717, 1.165) is 5.01 Å². The van der Waals surface area contributed by atoms with E-state index in [-0.39, 0.29) is 19.3 Å². The van der Waals surface area contributed by atoms with E-state index in [1.54, 1.807) is 0 Å². The van der Waals surface area contributed by atoms with E-state index in [4.69, 9.17) is 5.11 Å². The van der Waals surface area contributed by atoms with Gasteiger partial charge in [0, 0.05) is 33.7 Å². The first kappa shape index (κ1) is 15.1. The number of nitrogens with zero attached hydrogens (tertiary/aromatic N) is 2. The number of rotatable bonds is 4. The highest BCUT2D eigenvalue weighted by molar-refractivity contribution is 5.95. The molecule has 0 aliphatic heterocycles. The average Bonchev–Trinajstić information content (AvgIpc) is 2.15. The number of hydrogen-bond donors (Lipinski definition) is 1. The Morgan fingerprint density at radius 3 is 1.82 bits per heavy atom. The molecule has 3 amide bonds. The number of imide groups is 1. The maximum Gasteiger partial charge on any atom is 0.303 e. The van der Waals surface area contributed by atoms with Crippen LogP contribution in [0.5, 0.6) is 0 Å². The van der Waals surface area contributed by atoms with Crippen LogP contribution in [0.25, 0.3) is 0 Å². The van der Waals surface area contributed by atoms with Gasteiger partial charge in [0.1, 0.15) is 0 Å². The lowest BCUT2D eigenvalue weighted by Crippen LogP contribution is -2.49. The number of carbonyl (C=O) groups excluding carboxylic acids is 3. The van der Waals surface area contributed by atoms with E-state index in [9.17, 15) is 19.2 Å². The van der Waals surface area contributed by atoms with Crippen molar-refractivity contribution in [3.8, 4) is 0 Å². The van der Waals surface area contributed by atoms with Crippen molar-refractivity contribution in [1.29, 1.82) is 0 Å². The van der Waals surface area contributed by atoms with Gasteiger partial charge in [-0.3, -0.25) is 19.2 Å². The molecule has 0 saturated heterocycles. The van der Waals surface area contributed by atoms with Crippen LogP contribution in [-0.4, -0.2) is 45.9 Å². The molecular weight excluding hydrogens is 228 g/mol. The molecular formula is C10H16N2O5. The first-order valence-corrected chi connectivity index (χ1v) is 5.07. The second-order valence-corrected chi connectivity index (χ2v) is 3.51. The maximum absolute atomic E-state index is 11.6. The average molecular weight is 244 g/mol. The van der Waals surface area contributed by atoms with Crippen molar-refractivity contribution in [1.82, 2.24) is 10.0 Å². The SMILES string of the molecule is CC(=O)N(C(C)=O)N(C)C(=O)CCCC(=O)O. The Bertz CT molecular complexity index is 326. The lowest BCUT2D eigenvalue weighted by molar-refractivity contribution is -0.168. The zero-order valence-electron chi connectivity index (χ0n) is 10.1. The molecule has 0 radical (unpaired) electrons. The minimum Gasteiger partial charge on any atom is -0.481 e. The monoisotopic (exact) mass is 244 g/mol. The number of carboxylic acids is 1. The third kappa shape index (κ3) is 5.10. The van der Waals surface area contributed by atoms with Crippen molar-refractivity contribution in [3.63, 3.8) is 0 Å². The lowest BCUT2D eigenvalue weighted by atomic mass is 10.2. The van der Waals surface area contributed by atoms with Crippen molar-refractivity contribution < 1.29 is 24.3 Å². The van der Waals surface area contributed by atoms with Crippen molar-refractivity contribution in [2.24, 2.45) is 0 Å². The van der Waals surface area contributed by atoms with Gasteiger partial charge in [-0.1, -0.05) is 0 Å². The fourth-order valence-corrected chi connectivity index (χ4v) is 1.31. The van der Waals surface area contributed by atoms with Gasteiger partial charge in [0.15, 0.2) is 0 Å². The highest BCUT2D eigenvalue weighted by Crippen LogP contribution is 2.04. The van der Waals surface area contributed by atoms with Gasteiger partial charge in [-0.2, -0.15) is 5.01 Å². The van der Waals surface area contributed by atoms with Gasteiger partial charge in [0.05, 0.1) is 0 Å². The fraction of sp³-hybridized carbons (Fsp3) is 0.600. The molecule has 0 aromatic carbocycles. The Hall–Kier alpha value is -1.92. The second-order valence-electron chi connectivity index (χ2n) is 3.51. The van der Waals surface area contributed by atoms with Crippen LogP contribution < -0.4 is 0 Å². The Morgan fingerprint density at radius 1 is 1.00 bits per heavy atom. The molecule has 0 aliphatic carbocycles. The minimum atomic E-state index is -0.990. The van der Waals surface area contributed by atoms with E-state index in [2.05, 4.69) is 0 Å². The first-order chi connectivity index (χ1) is 7.77. The molecule has 17 heavy (non-hydrogen) atoms. The summed E-state index contributed by atoms with van der Waals surface area (Å²) in [6, 6.07) is 0. The van der Waals surface area contributed by atoms with Crippen molar-refractivity contribution in [2.75, 3.05) is 7.05 Å². The van der Waals surface area contributed by atoms with Crippen LogP contribution in [0.3, 0.4) is 0 Å². The standard InChI is InChI=1S/C10H16N2O5/c1-7(13)12(8(2)14)11(3)9(15)5-4-6-10(16)17/h4-6H2,1-3H3,(H,16,17). The lowest BCUT2D eigenvalue weighted by Gasteiger charge is -2.27. The molecule has 0 aromatic heterocycles. The number of aliphatic carboxylic acids is 1. The summed E-state index contributed by atoms with van der Waals surface area (Å²) in [6.45, 7) is 2.34. The van der Waals surface area contributed by atoms with Crippen molar-refractivity contribution in [3.05, 3.63) is 0 Å². The number of hydrogen-bond acceptors (Lipinski definition) is 4. The Labute approximate surface area is 99.0 Å². The highest BCUT2D eigenvalue weighted by Gasteiger charge is 2.23. The van der Waals surface area contributed by atoms with Crippen LogP contribution in [0.2, 0.25) is 0 Å². The normalized spacial score (nSPS) is 9.59. The van der Waals surface area contributed by atoms with E-state index in [1.807, 2.05) is 0 Å². The molecule has 7 heteroatoms. The van der Waals surface area contributed by atoms with Gasteiger partial charge in [-0.15, -0.1) is 0 Å². The maximum atomic E-state index is 11.6. The molecule has 0 rings (SSSR count). The zero-order valence-corrected chi connectivity index (χ0v) is 10.1. The van der Waals surface area contributed by atoms with E-state index in [0.29, 0.717) is 5.01 Å². The topological polar surface area (TPSA) is 95.0 Å². The predicted octanol–water partition coefficient (Wildman–Crippen LogP) is 0.00970. The van der Waals surface area contributed by atoms with Crippen LogP contribution in [0.1, 0.15) is 33.1 Å². The molecule has 0 unspecified atom stereocenters. The predicted molar refractivity (Wildman–Crippen MR) is 57.5 cm³/mol. The molecule has 0 spiro atoms. The smallest absolute Gasteiger partial charge is 0.303 e. The first-order valence-electron chi connectivity index (χ1n) is 5.07. The van der Waals surface area contributed by atoms with Gasteiger partial charge in [-0.05, 0) is 6.42 Å². The van der Waals surface area contributed by atoms with Gasteiger partial charge >= 0.3 is 5.97 Å². The Morgan fingerprint density at radius 2 is 1.47 bits per heavy atom. The molecule has 0 saturated carbocycles. The van der Waals surface area contributed by atoms with Crippen molar-refractivity contribution in [2.45, 2.75) is 33.1 Å². The van der Waals surface area contributed by atoms with Gasteiger partial charge in [-0.25, -0.2) is 5.01 Å². The summed E-state index contributed by atoms with van der Waals surface area (Å²) in [7, 11) is 1.30. The van der Waals surface area contributed by atoms with Crippen LogP contribution in [0.15, 0.2) is 0 Å².